The van der Waals surface area contributed by atoms with Crippen molar-refractivity contribution in [2.24, 2.45) is 0 Å². The van der Waals surface area contributed by atoms with Gasteiger partial charge in [-0.1, -0.05) is 42.1 Å². The Morgan fingerprint density at radius 1 is 0.929 bits per heavy atom. The fourth-order valence-electron chi connectivity index (χ4n) is 4.23. The highest BCUT2D eigenvalue weighted by Gasteiger charge is 2.33. The molecule has 0 radical (unpaired) electrons. The zero-order valence-corrected chi connectivity index (χ0v) is 16.4. The van der Waals surface area contributed by atoms with Crippen molar-refractivity contribution in [2.45, 2.75) is 29.6 Å². The van der Waals surface area contributed by atoms with Crippen LogP contribution < -0.4 is 9.64 Å². The second kappa shape index (κ2) is 6.08. The van der Waals surface area contributed by atoms with Crippen LogP contribution in [0.4, 0.5) is 17.3 Å². The van der Waals surface area contributed by atoms with Gasteiger partial charge in [0.1, 0.15) is 11.3 Å². The van der Waals surface area contributed by atoms with Gasteiger partial charge in [-0.2, -0.15) is 0 Å². The van der Waals surface area contributed by atoms with E-state index in [9.17, 15) is 0 Å². The Hall–Kier alpha value is -2.85. The molecule has 3 aromatic carbocycles. The molecular weight excluding hydrogens is 366 g/mol. The van der Waals surface area contributed by atoms with Gasteiger partial charge in [-0.15, -0.1) is 0 Å². The summed E-state index contributed by atoms with van der Waals surface area (Å²) in [6.45, 7) is 2.94. The van der Waals surface area contributed by atoms with E-state index in [0.717, 1.165) is 53.4 Å². The maximum atomic E-state index is 6.39. The molecule has 1 aromatic heterocycles. The van der Waals surface area contributed by atoms with Crippen LogP contribution in [-0.4, -0.2) is 6.61 Å². The summed E-state index contributed by atoms with van der Waals surface area (Å²) in [4.78, 5) is 4.64. The van der Waals surface area contributed by atoms with Gasteiger partial charge in [0.05, 0.1) is 22.9 Å². The lowest BCUT2D eigenvalue weighted by molar-refractivity contribution is 0.288. The highest BCUT2D eigenvalue weighted by Crippen LogP contribution is 2.56. The molecule has 3 nitrogen and oxygen atoms in total. The van der Waals surface area contributed by atoms with Crippen molar-refractivity contribution >= 4 is 40.0 Å². The van der Waals surface area contributed by atoms with Gasteiger partial charge in [-0.05, 0) is 61.2 Å². The molecule has 0 bridgehead atoms. The highest BCUT2D eigenvalue weighted by atomic mass is 32.2. The summed E-state index contributed by atoms with van der Waals surface area (Å²) < 4.78 is 12.6. The number of ether oxygens (including phenoxy) is 1. The van der Waals surface area contributed by atoms with E-state index in [4.69, 9.17) is 9.15 Å². The third-order valence-corrected chi connectivity index (χ3v) is 6.75. The SMILES string of the molecule is Cc1ccc(N2c3ccccc3Sc3c2oc2ccccc32)c2c1CCCO2. The van der Waals surface area contributed by atoms with Gasteiger partial charge in [-0.3, -0.25) is 4.90 Å². The van der Waals surface area contributed by atoms with Gasteiger partial charge in [0, 0.05) is 10.3 Å². The lowest BCUT2D eigenvalue weighted by atomic mass is 9.99. The predicted molar refractivity (Wildman–Crippen MR) is 114 cm³/mol. The molecule has 0 saturated heterocycles. The smallest absolute Gasteiger partial charge is 0.220 e. The first-order valence-electron chi connectivity index (χ1n) is 9.65. The minimum absolute atomic E-state index is 0.765. The van der Waals surface area contributed by atoms with Crippen LogP contribution in [0.3, 0.4) is 0 Å². The molecule has 2 aliphatic rings. The summed E-state index contributed by atoms with van der Waals surface area (Å²) >= 11 is 1.78. The summed E-state index contributed by atoms with van der Waals surface area (Å²) in [6.07, 6.45) is 2.13. The van der Waals surface area contributed by atoms with Crippen molar-refractivity contribution in [3.05, 3.63) is 71.8 Å². The van der Waals surface area contributed by atoms with Gasteiger partial charge in [0.25, 0.3) is 0 Å². The van der Waals surface area contributed by atoms with Crippen LogP contribution in [0.1, 0.15) is 17.5 Å². The second-order valence-electron chi connectivity index (χ2n) is 7.30. The average molecular weight is 385 g/mol. The first-order valence-corrected chi connectivity index (χ1v) is 10.5. The molecule has 4 aromatic rings. The number of rotatable bonds is 1. The van der Waals surface area contributed by atoms with Crippen molar-refractivity contribution in [3.63, 3.8) is 0 Å². The minimum Gasteiger partial charge on any atom is -0.491 e. The molecule has 6 rings (SSSR count). The summed E-state index contributed by atoms with van der Waals surface area (Å²) in [7, 11) is 0. The van der Waals surface area contributed by atoms with Crippen molar-refractivity contribution < 1.29 is 9.15 Å². The van der Waals surface area contributed by atoms with Gasteiger partial charge < -0.3 is 9.15 Å². The summed E-state index contributed by atoms with van der Waals surface area (Å²) in [5.74, 6) is 1.88. The third-order valence-electron chi connectivity index (χ3n) is 5.59. The van der Waals surface area contributed by atoms with Crippen molar-refractivity contribution in [1.29, 1.82) is 0 Å². The van der Waals surface area contributed by atoms with E-state index in [1.54, 1.807) is 11.8 Å². The topological polar surface area (TPSA) is 25.6 Å². The fourth-order valence-corrected chi connectivity index (χ4v) is 5.36. The first-order chi connectivity index (χ1) is 13.8. The summed E-state index contributed by atoms with van der Waals surface area (Å²) in [5.41, 5.74) is 5.73. The number of fused-ring (bicyclic) bond motifs is 5. The number of nitrogens with zero attached hydrogens (tertiary/aromatic N) is 1. The molecule has 0 unspecified atom stereocenters. The number of anilines is 3. The zero-order valence-electron chi connectivity index (χ0n) is 15.6. The van der Waals surface area contributed by atoms with E-state index in [2.05, 4.69) is 60.4 Å². The van der Waals surface area contributed by atoms with Crippen molar-refractivity contribution in [2.75, 3.05) is 11.5 Å². The van der Waals surface area contributed by atoms with E-state index in [0.29, 0.717) is 0 Å². The van der Waals surface area contributed by atoms with Gasteiger partial charge in [0.15, 0.2) is 0 Å². The Bertz CT molecular complexity index is 1230. The number of hydrogen-bond donors (Lipinski definition) is 0. The van der Waals surface area contributed by atoms with Crippen LogP contribution in [-0.2, 0) is 6.42 Å². The van der Waals surface area contributed by atoms with Crippen molar-refractivity contribution in [1.82, 2.24) is 0 Å². The monoisotopic (exact) mass is 385 g/mol. The molecule has 0 aliphatic carbocycles. The Morgan fingerprint density at radius 3 is 2.75 bits per heavy atom. The number of para-hydroxylation sites is 2. The summed E-state index contributed by atoms with van der Waals surface area (Å²) in [5, 5.41) is 1.16. The van der Waals surface area contributed by atoms with Gasteiger partial charge >= 0.3 is 0 Å². The third kappa shape index (κ3) is 2.24. The highest BCUT2D eigenvalue weighted by molar-refractivity contribution is 8.00. The maximum absolute atomic E-state index is 6.39. The van der Waals surface area contributed by atoms with E-state index >= 15 is 0 Å². The number of aryl methyl sites for hydroxylation is 1. The fraction of sp³-hybridized carbons (Fsp3) is 0.167. The Kier molecular flexibility index (Phi) is 3.50. The molecule has 0 atom stereocenters. The van der Waals surface area contributed by atoms with Crippen LogP contribution in [0.2, 0.25) is 0 Å². The van der Waals surface area contributed by atoms with E-state index in [1.165, 1.54) is 20.9 Å². The molecule has 0 amide bonds. The molecule has 0 N–H and O–H groups in total. The standard InChI is InChI=1S/C24H19NO2S/c1-15-12-13-19(22-16(15)8-6-14-26-22)25-18-9-3-5-11-21(18)28-23-17-7-2-4-10-20(17)27-24(23)25/h2-5,7,9-13H,6,8,14H2,1H3. The Morgan fingerprint density at radius 2 is 1.79 bits per heavy atom. The molecule has 3 heterocycles. The number of benzene rings is 3. The second-order valence-corrected chi connectivity index (χ2v) is 8.35. The normalized spacial score (nSPS) is 15.0. The zero-order chi connectivity index (χ0) is 18.7. The molecule has 0 saturated carbocycles. The van der Waals surface area contributed by atoms with Gasteiger partial charge in [0.2, 0.25) is 5.88 Å². The molecule has 28 heavy (non-hydrogen) atoms. The first kappa shape index (κ1) is 16.1. The van der Waals surface area contributed by atoms with Crippen LogP contribution in [0, 0.1) is 6.92 Å². The lowest BCUT2D eigenvalue weighted by Crippen LogP contribution is -2.18. The quantitative estimate of drug-likeness (QED) is 0.310. The lowest BCUT2D eigenvalue weighted by Gasteiger charge is -2.32. The molecule has 0 spiro atoms. The number of furan rings is 1. The molecule has 0 fully saturated rings. The molecular formula is C24H19NO2S. The average Bonchev–Trinajstić information content (AvgIpc) is 3.11. The van der Waals surface area contributed by atoms with Crippen LogP contribution >= 0.6 is 11.8 Å². The number of hydrogen-bond acceptors (Lipinski definition) is 4. The maximum Gasteiger partial charge on any atom is 0.220 e. The largest absolute Gasteiger partial charge is 0.491 e. The molecule has 2 aliphatic heterocycles. The van der Waals surface area contributed by atoms with Crippen molar-refractivity contribution in [3.8, 4) is 5.75 Å². The minimum atomic E-state index is 0.765. The van der Waals surface area contributed by atoms with Crippen LogP contribution in [0.5, 0.6) is 5.75 Å². The molecule has 138 valence electrons. The van der Waals surface area contributed by atoms with E-state index in [-0.39, 0.29) is 0 Å². The van der Waals surface area contributed by atoms with E-state index < -0.39 is 0 Å². The molecule has 4 heteroatoms. The van der Waals surface area contributed by atoms with Gasteiger partial charge in [-0.25, -0.2) is 0 Å². The summed E-state index contributed by atoms with van der Waals surface area (Å²) in [6, 6.07) is 21.2. The van der Waals surface area contributed by atoms with E-state index in [1.807, 2.05) is 12.1 Å². The van der Waals surface area contributed by atoms with Crippen LogP contribution in [0.25, 0.3) is 11.0 Å². The Balaban J connectivity index is 1.66. The predicted octanol–water partition coefficient (Wildman–Crippen LogP) is 7.00. The van der Waals surface area contributed by atoms with Crippen LogP contribution in [0.15, 0.2) is 74.9 Å². The Labute approximate surface area is 167 Å².